The van der Waals surface area contributed by atoms with Crippen molar-refractivity contribution in [1.29, 1.82) is 0 Å². The zero-order valence-electron chi connectivity index (χ0n) is 15.2. The number of carbonyl (C=O) groups is 2. The maximum Gasteiger partial charge on any atom is 0.338 e. The summed E-state index contributed by atoms with van der Waals surface area (Å²) in [6.07, 6.45) is 3.57. The number of hydrogen-bond acceptors (Lipinski definition) is 5. The number of rotatable bonds is 6. The Morgan fingerprint density at radius 3 is 2.92 bits per heavy atom. The fourth-order valence-electron chi connectivity index (χ4n) is 3.05. The van der Waals surface area contributed by atoms with Gasteiger partial charge < -0.3 is 9.64 Å². The third-order valence-corrected chi connectivity index (χ3v) is 4.65. The molecule has 26 heavy (non-hydrogen) atoms. The molecule has 0 spiro atoms. The van der Waals surface area contributed by atoms with Gasteiger partial charge in [0.2, 0.25) is 0 Å². The predicted octanol–water partition coefficient (Wildman–Crippen LogP) is 1.76. The maximum atomic E-state index is 12.4. The standard InChI is InChI=1S/C19H23N3O4/c1-3-4-9-21(2)17(23)12-26-19(25)13-7-8-14-15(11-13)20-16-6-5-10-22(16)18(14)24/h7-8,11H,3-6,9-10,12H2,1-2H3. The number of amides is 1. The van der Waals surface area contributed by atoms with Crippen molar-refractivity contribution in [2.24, 2.45) is 0 Å². The van der Waals surface area contributed by atoms with Crippen molar-refractivity contribution in [3.8, 4) is 0 Å². The van der Waals surface area contributed by atoms with Crippen LogP contribution in [0.3, 0.4) is 0 Å². The van der Waals surface area contributed by atoms with Crippen LogP contribution in [0.1, 0.15) is 42.4 Å². The summed E-state index contributed by atoms with van der Waals surface area (Å²) in [6, 6.07) is 4.70. The second-order valence-corrected chi connectivity index (χ2v) is 6.57. The molecule has 1 aromatic carbocycles. The number of carbonyl (C=O) groups excluding carboxylic acids is 2. The van der Waals surface area contributed by atoms with E-state index >= 15 is 0 Å². The molecule has 0 unspecified atom stereocenters. The summed E-state index contributed by atoms with van der Waals surface area (Å²) in [4.78, 5) is 42.7. The van der Waals surface area contributed by atoms with Crippen LogP contribution >= 0.6 is 0 Å². The van der Waals surface area contributed by atoms with Crippen molar-refractivity contribution < 1.29 is 14.3 Å². The Morgan fingerprint density at radius 2 is 2.15 bits per heavy atom. The summed E-state index contributed by atoms with van der Waals surface area (Å²) in [5.41, 5.74) is 0.704. The molecule has 1 amide bonds. The van der Waals surface area contributed by atoms with Crippen LogP contribution in [0, 0.1) is 0 Å². The summed E-state index contributed by atoms with van der Waals surface area (Å²) < 4.78 is 6.81. The highest BCUT2D eigenvalue weighted by molar-refractivity contribution is 5.95. The summed E-state index contributed by atoms with van der Waals surface area (Å²) in [5.74, 6) is -0.0749. The molecule has 0 N–H and O–H groups in total. The van der Waals surface area contributed by atoms with E-state index in [9.17, 15) is 14.4 Å². The molecule has 0 bridgehead atoms. The zero-order valence-corrected chi connectivity index (χ0v) is 15.2. The zero-order chi connectivity index (χ0) is 18.7. The van der Waals surface area contributed by atoms with Crippen molar-refractivity contribution in [2.75, 3.05) is 20.2 Å². The van der Waals surface area contributed by atoms with E-state index in [0.29, 0.717) is 24.0 Å². The first-order chi connectivity index (χ1) is 12.5. The van der Waals surface area contributed by atoms with E-state index in [1.165, 1.54) is 0 Å². The lowest BCUT2D eigenvalue weighted by Crippen LogP contribution is -2.32. The number of aromatic nitrogens is 2. The molecule has 1 aromatic heterocycles. The molecule has 1 aliphatic heterocycles. The first-order valence-corrected chi connectivity index (χ1v) is 8.96. The molecule has 0 atom stereocenters. The normalized spacial score (nSPS) is 12.8. The van der Waals surface area contributed by atoms with Gasteiger partial charge in [0.05, 0.1) is 16.5 Å². The van der Waals surface area contributed by atoms with Gasteiger partial charge in [-0.3, -0.25) is 14.2 Å². The van der Waals surface area contributed by atoms with Crippen LogP contribution in [-0.2, 0) is 22.5 Å². The molecule has 0 fully saturated rings. The first-order valence-electron chi connectivity index (χ1n) is 8.96. The molecule has 0 radical (unpaired) electrons. The number of esters is 1. The van der Waals surface area contributed by atoms with Gasteiger partial charge in [-0.1, -0.05) is 13.3 Å². The van der Waals surface area contributed by atoms with E-state index in [2.05, 4.69) is 4.98 Å². The summed E-state index contributed by atoms with van der Waals surface area (Å²) in [5, 5.41) is 0.488. The van der Waals surface area contributed by atoms with E-state index in [0.717, 1.165) is 31.5 Å². The number of aryl methyl sites for hydroxylation is 1. The van der Waals surface area contributed by atoms with Crippen LogP contribution in [0.2, 0.25) is 0 Å². The smallest absolute Gasteiger partial charge is 0.338 e. The van der Waals surface area contributed by atoms with Crippen LogP contribution in [0.4, 0.5) is 0 Å². The summed E-state index contributed by atoms with van der Waals surface area (Å²) in [6.45, 7) is 3.08. The number of likely N-dealkylation sites (N-methyl/N-ethyl adjacent to an activating group) is 1. The molecule has 0 saturated heterocycles. The van der Waals surface area contributed by atoms with Crippen molar-refractivity contribution in [3.05, 3.63) is 39.9 Å². The van der Waals surface area contributed by atoms with E-state index in [1.54, 1.807) is 34.7 Å². The average molecular weight is 357 g/mol. The number of unbranched alkanes of at least 4 members (excludes halogenated alkanes) is 1. The second kappa shape index (κ2) is 7.68. The quantitative estimate of drug-likeness (QED) is 0.736. The Labute approximate surface area is 151 Å². The molecule has 2 aromatic rings. The van der Waals surface area contributed by atoms with Gasteiger partial charge in [0.15, 0.2) is 6.61 Å². The van der Waals surface area contributed by atoms with Gasteiger partial charge in [-0.15, -0.1) is 0 Å². The highest BCUT2D eigenvalue weighted by atomic mass is 16.5. The van der Waals surface area contributed by atoms with Crippen LogP contribution in [0.15, 0.2) is 23.0 Å². The number of fused-ring (bicyclic) bond motifs is 2. The lowest BCUT2D eigenvalue weighted by atomic mass is 10.1. The Morgan fingerprint density at radius 1 is 1.35 bits per heavy atom. The molecular weight excluding hydrogens is 334 g/mol. The number of nitrogens with zero attached hydrogens (tertiary/aromatic N) is 3. The van der Waals surface area contributed by atoms with Gasteiger partial charge in [-0.2, -0.15) is 0 Å². The lowest BCUT2D eigenvalue weighted by molar-refractivity contribution is -0.133. The van der Waals surface area contributed by atoms with Gasteiger partial charge in [0, 0.05) is 26.6 Å². The van der Waals surface area contributed by atoms with Crippen LogP contribution in [-0.4, -0.2) is 46.5 Å². The maximum absolute atomic E-state index is 12.4. The molecule has 7 heteroatoms. The van der Waals surface area contributed by atoms with E-state index < -0.39 is 5.97 Å². The van der Waals surface area contributed by atoms with Crippen molar-refractivity contribution in [2.45, 2.75) is 39.2 Å². The molecular formula is C19H23N3O4. The van der Waals surface area contributed by atoms with Gasteiger partial charge in [-0.05, 0) is 31.0 Å². The topological polar surface area (TPSA) is 81.5 Å². The largest absolute Gasteiger partial charge is 0.452 e. The SMILES string of the molecule is CCCCN(C)C(=O)COC(=O)c1ccc2c(=O)n3c(nc2c1)CCC3. The predicted molar refractivity (Wildman–Crippen MR) is 97.2 cm³/mol. The summed E-state index contributed by atoms with van der Waals surface area (Å²) >= 11 is 0. The Bertz CT molecular complexity index is 904. The van der Waals surface area contributed by atoms with Crippen molar-refractivity contribution >= 4 is 22.8 Å². The molecule has 0 saturated carbocycles. The average Bonchev–Trinajstić information content (AvgIpc) is 3.12. The van der Waals surface area contributed by atoms with E-state index in [1.807, 2.05) is 6.92 Å². The molecule has 2 heterocycles. The lowest BCUT2D eigenvalue weighted by Gasteiger charge is -2.16. The molecule has 1 aliphatic rings. The highest BCUT2D eigenvalue weighted by Gasteiger charge is 2.18. The van der Waals surface area contributed by atoms with Gasteiger partial charge in [0.1, 0.15) is 5.82 Å². The fourth-order valence-corrected chi connectivity index (χ4v) is 3.05. The third kappa shape index (κ3) is 3.61. The van der Waals surface area contributed by atoms with Crippen LogP contribution in [0.5, 0.6) is 0 Å². The Kier molecular flexibility index (Phi) is 5.35. The molecule has 0 aliphatic carbocycles. The Hall–Kier alpha value is -2.70. The van der Waals surface area contributed by atoms with Crippen molar-refractivity contribution in [1.82, 2.24) is 14.5 Å². The third-order valence-electron chi connectivity index (χ3n) is 4.65. The highest BCUT2D eigenvalue weighted by Crippen LogP contribution is 2.16. The fraction of sp³-hybridized carbons (Fsp3) is 0.474. The summed E-state index contributed by atoms with van der Waals surface area (Å²) in [7, 11) is 1.69. The van der Waals surface area contributed by atoms with Gasteiger partial charge in [-0.25, -0.2) is 9.78 Å². The number of benzene rings is 1. The van der Waals surface area contributed by atoms with Crippen LogP contribution in [0.25, 0.3) is 10.9 Å². The first kappa shape index (κ1) is 18.1. The molecule has 7 nitrogen and oxygen atoms in total. The minimum atomic E-state index is -0.591. The van der Waals surface area contributed by atoms with Gasteiger partial charge >= 0.3 is 5.97 Å². The van der Waals surface area contributed by atoms with E-state index in [4.69, 9.17) is 4.74 Å². The molecule has 3 rings (SSSR count). The Balaban J connectivity index is 1.72. The van der Waals surface area contributed by atoms with Crippen LogP contribution < -0.4 is 5.56 Å². The second-order valence-electron chi connectivity index (χ2n) is 6.57. The monoisotopic (exact) mass is 357 g/mol. The van der Waals surface area contributed by atoms with Gasteiger partial charge in [0.25, 0.3) is 11.5 Å². The number of ether oxygens (including phenoxy) is 1. The molecule has 138 valence electrons. The minimum absolute atomic E-state index is 0.0739. The van der Waals surface area contributed by atoms with E-state index in [-0.39, 0.29) is 23.6 Å². The minimum Gasteiger partial charge on any atom is -0.452 e. The van der Waals surface area contributed by atoms with Crippen molar-refractivity contribution in [3.63, 3.8) is 0 Å². The number of hydrogen-bond donors (Lipinski definition) is 0.